The monoisotopic (exact) mass is 397 g/mol. The Morgan fingerprint density at radius 3 is 2.97 bits per heavy atom. The molecule has 1 aliphatic heterocycles. The molecular formula is C21H24FN5O2. The molecule has 2 bridgehead atoms. The molecule has 0 radical (unpaired) electrons. The van der Waals surface area contributed by atoms with Gasteiger partial charge in [0.1, 0.15) is 29.1 Å². The SMILES string of the molecule is CC.O=C1NC2CCCC2Oc2ccc(F)cc2CNc2ccn3ncc1c3n2. The number of anilines is 1. The second-order valence-electron chi connectivity index (χ2n) is 6.91. The van der Waals surface area contributed by atoms with Crippen molar-refractivity contribution in [1.82, 2.24) is 19.9 Å². The first-order valence-electron chi connectivity index (χ1n) is 10.0. The van der Waals surface area contributed by atoms with Crippen molar-refractivity contribution in [3.05, 3.63) is 53.6 Å². The summed E-state index contributed by atoms with van der Waals surface area (Å²) in [6, 6.07) is 6.15. The number of nitrogens with one attached hydrogen (secondary N) is 2. The minimum absolute atomic E-state index is 0.109. The molecule has 1 saturated carbocycles. The van der Waals surface area contributed by atoms with Gasteiger partial charge in [-0.1, -0.05) is 13.8 Å². The molecule has 0 saturated heterocycles. The van der Waals surface area contributed by atoms with Gasteiger partial charge in [-0.05, 0) is 43.5 Å². The molecule has 1 aliphatic carbocycles. The summed E-state index contributed by atoms with van der Waals surface area (Å²) in [6.45, 7) is 4.36. The van der Waals surface area contributed by atoms with Gasteiger partial charge >= 0.3 is 0 Å². The highest BCUT2D eigenvalue weighted by atomic mass is 19.1. The highest BCUT2D eigenvalue weighted by molar-refractivity contribution is 6.00. The number of benzene rings is 1. The van der Waals surface area contributed by atoms with Crippen molar-refractivity contribution in [3.63, 3.8) is 0 Å². The molecule has 1 fully saturated rings. The summed E-state index contributed by atoms with van der Waals surface area (Å²) in [4.78, 5) is 17.3. The average molecular weight is 397 g/mol. The Labute approximate surface area is 168 Å². The molecule has 0 spiro atoms. The van der Waals surface area contributed by atoms with E-state index in [0.29, 0.717) is 34.9 Å². The van der Waals surface area contributed by atoms with Crippen LogP contribution in [-0.2, 0) is 6.54 Å². The van der Waals surface area contributed by atoms with E-state index in [2.05, 4.69) is 20.7 Å². The smallest absolute Gasteiger partial charge is 0.257 e. The summed E-state index contributed by atoms with van der Waals surface area (Å²) in [5.74, 6) is 0.667. The zero-order chi connectivity index (χ0) is 20.4. The van der Waals surface area contributed by atoms with E-state index < -0.39 is 0 Å². The first-order chi connectivity index (χ1) is 14.2. The zero-order valence-electron chi connectivity index (χ0n) is 16.5. The van der Waals surface area contributed by atoms with Gasteiger partial charge in [0.05, 0.1) is 12.2 Å². The third kappa shape index (κ3) is 3.74. The van der Waals surface area contributed by atoms with Crippen molar-refractivity contribution in [2.24, 2.45) is 0 Å². The third-order valence-corrected chi connectivity index (χ3v) is 5.14. The number of hydrogen-bond acceptors (Lipinski definition) is 5. The molecular weight excluding hydrogens is 373 g/mol. The van der Waals surface area contributed by atoms with E-state index in [9.17, 15) is 9.18 Å². The molecule has 3 aromatic rings. The Hall–Kier alpha value is -3.16. The Kier molecular flexibility index (Phi) is 5.33. The first-order valence-corrected chi connectivity index (χ1v) is 10.0. The number of halogens is 1. The highest BCUT2D eigenvalue weighted by Gasteiger charge is 2.32. The zero-order valence-corrected chi connectivity index (χ0v) is 16.5. The number of rotatable bonds is 0. The fourth-order valence-corrected chi connectivity index (χ4v) is 3.76. The minimum Gasteiger partial charge on any atom is -0.488 e. The lowest BCUT2D eigenvalue weighted by atomic mass is 10.1. The fraction of sp³-hybridized carbons (Fsp3) is 0.381. The minimum atomic E-state index is -0.318. The molecule has 1 aromatic carbocycles. The first kappa shape index (κ1) is 19.2. The molecule has 152 valence electrons. The van der Waals surface area contributed by atoms with Crippen LogP contribution in [0.2, 0.25) is 0 Å². The van der Waals surface area contributed by atoms with Crippen LogP contribution < -0.4 is 15.4 Å². The van der Waals surface area contributed by atoms with E-state index in [1.165, 1.54) is 18.3 Å². The Bertz CT molecular complexity index is 1040. The number of fused-ring (bicyclic) bond motifs is 3. The third-order valence-electron chi connectivity index (χ3n) is 5.14. The van der Waals surface area contributed by atoms with Gasteiger partial charge in [0.15, 0.2) is 5.65 Å². The van der Waals surface area contributed by atoms with Crippen molar-refractivity contribution >= 4 is 17.4 Å². The maximum atomic E-state index is 13.8. The van der Waals surface area contributed by atoms with Crippen molar-refractivity contribution in [2.75, 3.05) is 5.32 Å². The molecule has 8 heteroatoms. The number of carbonyl (C=O) groups is 1. The van der Waals surface area contributed by atoms with Gasteiger partial charge in [-0.2, -0.15) is 5.10 Å². The Balaban J connectivity index is 0.000000994. The van der Waals surface area contributed by atoms with Gasteiger partial charge in [0, 0.05) is 18.3 Å². The van der Waals surface area contributed by atoms with E-state index >= 15 is 0 Å². The maximum Gasteiger partial charge on any atom is 0.257 e. The van der Waals surface area contributed by atoms with Gasteiger partial charge in [0.25, 0.3) is 5.91 Å². The fourth-order valence-electron chi connectivity index (χ4n) is 3.76. The van der Waals surface area contributed by atoms with E-state index in [1.807, 2.05) is 13.8 Å². The van der Waals surface area contributed by atoms with Crippen molar-refractivity contribution in [2.45, 2.75) is 51.8 Å². The summed E-state index contributed by atoms with van der Waals surface area (Å²) >= 11 is 0. The summed E-state index contributed by atoms with van der Waals surface area (Å²) < 4.78 is 21.5. The molecule has 29 heavy (non-hydrogen) atoms. The van der Waals surface area contributed by atoms with Gasteiger partial charge in [-0.15, -0.1) is 0 Å². The summed E-state index contributed by atoms with van der Waals surface area (Å²) in [6.07, 6.45) is 5.74. The van der Waals surface area contributed by atoms with Crippen molar-refractivity contribution in [1.29, 1.82) is 0 Å². The van der Waals surface area contributed by atoms with Crippen LogP contribution >= 0.6 is 0 Å². The molecule has 2 aliphatic rings. The van der Waals surface area contributed by atoms with Crippen LogP contribution in [-0.4, -0.2) is 32.7 Å². The highest BCUT2D eigenvalue weighted by Crippen LogP contribution is 2.29. The van der Waals surface area contributed by atoms with Gasteiger partial charge < -0.3 is 15.4 Å². The number of nitrogens with zero attached hydrogens (tertiary/aromatic N) is 3. The molecule has 3 heterocycles. The number of amides is 1. The lowest BCUT2D eigenvalue weighted by Gasteiger charge is -2.23. The molecule has 2 aromatic heterocycles. The quantitative estimate of drug-likeness (QED) is 0.606. The number of ether oxygens (including phenoxy) is 1. The number of carbonyl (C=O) groups excluding carboxylic acids is 1. The number of hydrogen-bond donors (Lipinski definition) is 2. The lowest BCUT2D eigenvalue weighted by molar-refractivity contribution is 0.0895. The van der Waals surface area contributed by atoms with Gasteiger partial charge in [0.2, 0.25) is 0 Å². The predicted octanol–water partition coefficient (Wildman–Crippen LogP) is 3.55. The largest absolute Gasteiger partial charge is 0.488 e. The second-order valence-corrected chi connectivity index (χ2v) is 6.91. The molecule has 2 atom stereocenters. The molecule has 2 N–H and O–H groups in total. The maximum absolute atomic E-state index is 13.8. The molecule has 2 unspecified atom stereocenters. The van der Waals surface area contributed by atoms with E-state index in [1.54, 1.807) is 22.8 Å². The van der Waals surface area contributed by atoms with E-state index in [-0.39, 0.29) is 23.9 Å². The summed E-state index contributed by atoms with van der Waals surface area (Å²) in [5, 5.41) is 10.4. The van der Waals surface area contributed by atoms with Crippen LogP contribution in [0.1, 0.15) is 49.0 Å². The normalized spacial score (nSPS) is 20.6. The Morgan fingerprint density at radius 2 is 2.10 bits per heavy atom. The molecule has 1 amide bonds. The second kappa shape index (κ2) is 8.06. The van der Waals surface area contributed by atoms with Crippen LogP contribution in [0, 0.1) is 5.82 Å². The lowest BCUT2D eigenvalue weighted by Crippen LogP contribution is -2.42. The standard InChI is InChI=1S/C19H18FN5O2.C2H6/c20-12-4-5-15-11(8-12)9-21-17-6-7-25-18(24-17)13(10-22-25)19(26)23-14-2-1-3-16(14)27-15;1-2/h4-8,10,14,16H,1-3,9H2,(H,21,24)(H,23,26);1-2H3. The predicted molar refractivity (Wildman–Crippen MR) is 108 cm³/mol. The van der Waals surface area contributed by atoms with Crippen LogP contribution in [0.3, 0.4) is 0 Å². The summed E-state index contributed by atoms with van der Waals surface area (Å²) in [5.41, 5.74) is 1.61. The van der Waals surface area contributed by atoms with E-state index in [4.69, 9.17) is 4.74 Å². The molecule has 7 nitrogen and oxygen atoms in total. The van der Waals surface area contributed by atoms with Crippen LogP contribution in [0.25, 0.3) is 5.65 Å². The summed E-state index contributed by atoms with van der Waals surface area (Å²) in [7, 11) is 0. The van der Waals surface area contributed by atoms with Crippen LogP contribution in [0.15, 0.2) is 36.7 Å². The van der Waals surface area contributed by atoms with Gasteiger partial charge in [-0.3, -0.25) is 4.79 Å². The number of aromatic nitrogens is 3. The van der Waals surface area contributed by atoms with Crippen LogP contribution in [0.5, 0.6) is 5.75 Å². The van der Waals surface area contributed by atoms with Crippen molar-refractivity contribution in [3.8, 4) is 5.75 Å². The topological polar surface area (TPSA) is 80.5 Å². The van der Waals surface area contributed by atoms with Gasteiger partial charge in [-0.25, -0.2) is 13.9 Å². The van der Waals surface area contributed by atoms with Crippen LogP contribution in [0.4, 0.5) is 10.2 Å². The van der Waals surface area contributed by atoms with E-state index in [0.717, 1.165) is 19.3 Å². The molecule has 5 rings (SSSR count). The average Bonchev–Trinajstić information content (AvgIpc) is 3.35. The van der Waals surface area contributed by atoms with Crippen molar-refractivity contribution < 1.29 is 13.9 Å². The Morgan fingerprint density at radius 1 is 1.24 bits per heavy atom.